The van der Waals surface area contributed by atoms with Crippen LogP contribution in [0.3, 0.4) is 0 Å². The molecule has 2 N–H and O–H groups in total. The van der Waals surface area contributed by atoms with Crippen LogP contribution in [0.2, 0.25) is 5.02 Å². The molecule has 0 unspecified atom stereocenters. The molecule has 3 aromatic carbocycles. The molecule has 2 aliphatic rings. The zero-order valence-electron chi connectivity index (χ0n) is 23.9. The molecular formula is C33H42BrClN4OS. The molecular weight excluding hydrogens is 616 g/mol. The number of benzene rings is 3. The molecule has 0 radical (unpaired) electrons. The van der Waals surface area contributed by atoms with Crippen molar-refractivity contribution in [2.45, 2.75) is 36.7 Å². The van der Waals surface area contributed by atoms with Gasteiger partial charge in [-0.2, -0.15) is 0 Å². The van der Waals surface area contributed by atoms with Crippen molar-refractivity contribution in [1.29, 1.82) is 0 Å². The van der Waals surface area contributed by atoms with Crippen LogP contribution in [0.25, 0.3) is 11.1 Å². The van der Waals surface area contributed by atoms with E-state index in [1.54, 1.807) is 11.8 Å². The van der Waals surface area contributed by atoms with E-state index in [0.29, 0.717) is 0 Å². The average molecular weight is 658 g/mol. The van der Waals surface area contributed by atoms with Crippen molar-refractivity contribution < 1.29 is 4.79 Å². The molecule has 0 aliphatic carbocycles. The van der Waals surface area contributed by atoms with Gasteiger partial charge in [-0.15, -0.1) is 28.7 Å². The van der Waals surface area contributed by atoms with E-state index in [2.05, 4.69) is 76.7 Å². The van der Waals surface area contributed by atoms with Gasteiger partial charge in [-0.3, -0.25) is 9.69 Å². The molecule has 1 amide bonds. The Morgan fingerprint density at radius 2 is 1.59 bits per heavy atom. The summed E-state index contributed by atoms with van der Waals surface area (Å²) in [5.41, 5.74) is 11.7. The molecule has 0 spiro atoms. The molecule has 0 aromatic heterocycles. The highest BCUT2D eigenvalue weighted by Crippen LogP contribution is 2.28. The maximum Gasteiger partial charge on any atom is 0.239 e. The van der Waals surface area contributed by atoms with Crippen molar-refractivity contribution in [2.24, 2.45) is 11.7 Å². The van der Waals surface area contributed by atoms with E-state index < -0.39 is 6.04 Å². The minimum Gasteiger partial charge on any atom is -0.339 e. The Kier molecular flexibility index (Phi) is 12.2. The van der Waals surface area contributed by atoms with Crippen molar-refractivity contribution in [3.8, 4) is 11.1 Å². The van der Waals surface area contributed by atoms with Crippen molar-refractivity contribution in [3.63, 3.8) is 0 Å². The molecule has 5 rings (SSSR count). The second kappa shape index (κ2) is 15.6. The summed E-state index contributed by atoms with van der Waals surface area (Å²) in [5.74, 6) is 0.385. The van der Waals surface area contributed by atoms with Crippen LogP contribution >= 0.6 is 40.3 Å². The minimum atomic E-state index is -0.400. The number of piperidine rings is 1. The number of carbonyl (C=O) groups is 1. The van der Waals surface area contributed by atoms with Gasteiger partial charge in [-0.05, 0) is 85.0 Å². The Morgan fingerprint density at radius 3 is 2.29 bits per heavy atom. The molecule has 2 aliphatic heterocycles. The van der Waals surface area contributed by atoms with Gasteiger partial charge in [-0.1, -0.05) is 66.2 Å². The van der Waals surface area contributed by atoms with Crippen LogP contribution in [0.1, 0.15) is 24.0 Å². The van der Waals surface area contributed by atoms with Crippen molar-refractivity contribution in [2.75, 3.05) is 52.1 Å². The molecule has 5 nitrogen and oxygen atoms in total. The zero-order valence-corrected chi connectivity index (χ0v) is 27.2. The Morgan fingerprint density at radius 1 is 0.902 bits per heavy atom. The lowest BCUT2D eigenvalue weighted by atomic mass is 9.88. The standard InChI is InChI=1S/C33H41ClN4OS.BrH/c1-40-31-10-6-5-9-28(31)24-37-19-21-38(22-20-37)33(39)32(35)26-13-16-36(17-14-26)18-15-27-23-29(34)11-12-30(27)25-7-3-2-4-8-25;/h2-12,23,26,32H,13-22,24,35H2,1H3;1H/t32-;/m1./s1. The zero-order chi connectivity index (χ0) is 27.9. The lowest BCUT2D eigenvalue weighted by molar-refractivity contribution is -0.136. The number of hydrogen-bond donors (Lipinski definition) is 1. The van der Waals surface area contributed by atoms with Gasteiger partial charge in [0, 0.05) is 49.2 Å². The number of carbonyl (C=O) groups excluding carboxylic acids is 1. The van der Waals surface area contributed by atoms with Gasteiger partial charge in [0.1, 0.15) is 0 Å². The van der Waals surface area contributed by atoms with E-state index in [0.717, 1.165) is 76.6 Å². The van der Waals surface area contributed by atoms with E-state index in [9.17, 15) is 4.79 Å². The maximum absolute atomic E-state index is 13.3. The first-order chi connectivity index (χ1) is 19.5. The number of piperazine rings is 1. The highest BCUT2D eigenvalue weighted by Gasteiger charge is 2.32. The number of amides is 1. The summed E-state index contributed by atoms with van der Waals surface area (Å²) in [7, 11) is 0. The number of thioether (sulfide) groups is 1. The number of hydrogen-bond acceptors (Lipinski definition) is 5. The van der Waals surface area contributed by atoms with Gasteiger partial charge < -0.3 is 15.5 Å². The Balaban J connectivity index is 0.00000387. The predicted octanol–water partition coefficient (Wildman–Crippen LogP) is 6.23. The van der Waals surface area contributed by atoms with Crippen LogP contribution in [0.4, 0.5) is 0 Å². The summed E-state index contributed by atoms with van der Waals surface area (Å²) in [6.07, 6.45) is 5.02. The third-order valence-electron chi connectivity index (χ3n) is 8.55. The molecule has 0 saturated carbocycles. The second-order valence-corrected chi connectivity index (χ2v) is 12.3. The first kappa shape index (κ1) is 32.1. The van der Waals surface area contributed by atoms with Crippen molar-refractivity contribution >= 4 is 46.3 Å². The summed E-state index contributed by atoms with van der Waals surface area (Å²) in [6.45, 7) is 7.20. The third-order valence-corrected chi connectivity index (χ3v) is 9.62. The SMILES string of the molecule is Br.CSc1ccccc1CN1CCN(C(=O)[C@H](N)C2CCN(CCc3cc(Cl)ccc3-c3ccccc3)CC2)CC1. The normalized spacial score (nSPS) is 17.7. The Bertz CT molecular complexity index is 1260. The lowest BCUT2D eigenvalue weighted by Gasteiger charge is -2.39. The Labute approximate surface area is 265 Å². The molecule has 1 atom stereocenters. The molecule has 220 valence electrons. The van der Waals surface area contributed by atoms with E-state index in [1.165, 1.54) is 27.1 Å². The first-order valence-corrected chi connectivity index (χ1v) is 16.1. The first-order valence-electron chi connectivity index (χ1n) is 14.5. The fourth-order valence-electron chi connectivity index (χ4n) is 6.10. The fourth-order valence-corrected chi connectivity index (χ4v) is 6.90. The van der Waals surface area contributed by atoms with Crippen LogP contribution < -0.4 is 5.73 Å². The molecule has 8 heteroatoms. The topological polar surface area (TPSA) is 52.8 Å². The smallest absolute Gasteiger partial charge is 0.239 e. The third kappa shape index (κ3) is 8.37. The van der Waals surface area contributed by atoms with Crippen LogP contribution in [-0.2, 0) is 17.8 Å². The highest BCUT2D eigenvalue weighted by molar-refractivity contribution is 8.93. The second-order valence-electron chi connectivity index (χ2n) is 11.0. The fraction of sp³-hybridized carbons (Fsp3) is 0.424. The van der Waals surface area contributed by atoms with Crippen LogP contribution in [0, 0.1) is 5.92 Å². The van der Waals surface area contributed by atoms with Gasteiger partial charge >= 0.3 is 0 Å². The van der Waals surface area contributed by atoms with E-state index in [-0.39, 0.29) is 28.8 Å². The average Bonchev–Trinajstić information content (AvgIpc) is 3.01. The summed E-state index contributed by atoms with van der Waals surface area (Å²) in [6, 6.07) is 24.9. The molecule has 3 aromatic rings. The van der Waals surface area contributed by atoms with Crippen LogP contribution in [-0.4, -0.2) is 78.7 Å². The van der Waals surface area contributed by atoms with E-state index in [1.807, 2.05) is 17.0 Å². The molecule has 2 saturated heterocycles. The number of nitrogens with two attached hydrogens (primary N) is 1. The van der Waals surface area contributed by atoms with Crippen LogP contribution in [0.5, 0.6) is 0 Å². The molecule has 2 fully saturated rings. The summed E-state index contributed by atoms with van der Waals surface area (Å²) in [4.78, 5) is 21.6. The summed E-state index contributed by atoms with van der Waals surface area (Å²) < 4.78 is 0. The highest BCUT2D eigenvalue weighted by atomic mass is 79.9. The van der Waals surface area contributed by atoms with Gasteiger partial charge in [-0.25, -0.2) is 0 Å². The number of halogens is 2. The summed E-state index contributed by atoms with van der Waals surface area (Å²) in [5, 5.41) is 0.781. The maximum atomic E-state index is 13.3. The number of nitrogens with zero attached hydrogens (tertiary/aromatic N) is 3. The lowest BCUT2D eigenvalue weighted by Crippen LogP contribution is -2.55. The van der Waals surface area contributed by atoms with E-state index >= 15 is 0 Å². The quantitative estimate of drug-likeness (QED) is 0.277. The largest absolute Gasteiger partial charge is 0.339 e. The van der Waals surface area contributed by atoms with Gasteiger partial charge in [0.2, 0.25) is 5.91 Å². The molecule has 2 heterocycles. The van der Waals surface area contributed by atoms with Crippen molar-refractivity contribution in [3.05, 3.63) is 88.9 Å². The Hall–Kier alpha value is -1.87. The number of likely N-dealkylation sites (tertiary alicyclic amines) is 1. The minimum absolute atomic E-state index is 0. The monoisotopic (exact) mass is 656 g/mol. The summed E-state index contributed by atoms with van der Waals surface area (Å²) >= 11 is 8.16. The van der Waals surface area contributed by atoms with Gasteiger partial charge in [0.15, 0.2) is 0 Å². The number of rotatable bonds is 9. The molecule has 41 heavy (non-hydrogen) atoms. The van der Waals surface area contributed by atoms with Gasteiger partial charge in [0.05, 0.1) is 6.04 Å². The van der Waals surface area contributed by atoms with E-state index in [4.69, 9.17) is 17.3 Å². The van der Waals surface area contributed by atoms with Crippen molar-refractivity contribution in [1.82, 2.24) is 14.7 Å². The van der Waals surface area contributed by atoms with Crippen LogP contribution in [0.15, 0.2) is 77.7 Å². The van der Waals surface area contributed by atoms with Gasteiger partial charge in [0.25, 0.3) is 0 Å². The predicted molar refractivity (Wildman–Crippen MR) is 178 cm³/mol. The molecule has 0 bridgehead atoms.